The monoisotopic (exact) mass is 259 g/mol. The van der Waals surface area contributed by atoms with E-state index in [1.54, 1.807) is 24.0 Å². The highest BCUT2D eigenvalue weighted by Crippen LogP contribution is 2.12. The number of hydrogen-bond donors (Lipinski definition) is 1. The molecule has 0 radical (unpaired) electrons. The Morgan fingerprint density at radius 1 is 1.53 bits per heavy atom. The second-order valence-electron chi connectivity index (χ2n) is 4.15. The van der Waals surface area contributed by atoms with Crippen molar-refractivity contribution in [2.75, 3.05) is 0 Å². The standard InChI is InChI=1S/C13H14FN5/c1-8-4-13-12(17-5-8)7-18-19(13)10(3)16-6-11(14)9(2)15/h4-7H,2,15H2,1,3H3/b11-6+,16-10+. The molecule has 0 aliphatic rings. The molecule has 0 saturated carbocycles. The van der Waals surface area contributed by atoms with E-state index >= 15 is 0 Å². The maximum atomic E-state index is 13.2. The lowest BCUT2D eigenvalue weighted by Crippen LogP contribution is -2.08. The smallest absolute Gasteiger partial charge is 0.163 e. The van der Waals surface area contributed by atoms with Crippen LogP contribution in [0.1, 0.15) is 12.5 Å². The second-order valence-corrected chi connectivity index (χ2v) is 4.15. The number of aryl methyl sites for hydroxylation is 1. The van der Waals surface area contributed by atoms with E-state index in [0.29, 0.717) is 5.84 Å². The number of rotatable bonds is 2. The van der Waals surface area contributed by atoms with Gasteiger partial charge in [0.05, 0.1) is 23.6 Å². The van der Waals surface area contributed by atoms with Crippen LogP contribution in [0.25, 0.3) is 11.0 Å². The summed E-state index contributed by atoms with van der Waals surface area (Å²) in [6.07, 6.45) is 4.42. The van der Waals surface area contributed by atoms with Crippen molar-refractivity contribution in [1.29, 1.82) is 0 Å². The molecule has 0 saturated heterocycles. The summed E-state index contributed by atoms with van der Waals surface area (Å²) in [6, 6.07) is 1.94. The third-order valence-corrected chi connectivity index (χ3v) is 2.54. The quantitative estimate of drug-likeness (QED) is 0.511. The molecule has 0 spiro atoms. The number of aromatic nitrogens is 3. The predicted molar refractivity (Wildman–Crippen MR) is 73.3 cm³/mol. The number of allylic oxidation sites excluding steroid dienone is 1. The molecule has 98 valence electrons. The maximum Gasteiger partial charge on any atom is 0.163 e. The molecular formula is C13H14FN5. The van der Waals surface area contributed by atoms with Gasteiger partial charge in [-0.3, -0.25) is 4.98 Å². The van der Waals surface area contributed by atoms with Gasteiger partial charge in [0.15, 0.2) is 5.83 Å². The Morgan fingerprint density at radius 3 is 2.95 bits per heavy atom. The minimum absolute atomic E-state index is 0.153. The fourth-order valence-corrected chi connectivity index (χ4v) is 1.55. The summed E-state index contributed by atoms with van der Waals surface area (Å²) in [5, 5.41) is 4.18. The average Bonchev–Trinajstić information content (AvgIpc) is 2.78. The van der Waals surface area contributed by atoms with Crippen LogP contribution in [0.5, 0.6) is 0 Å². The first-order chi connectivity index (χ1) is 8.99. The summed E-state index contributed by atoms with van der Waals surface area (Å²) in [7, 11) is 0. The van der Waals surface area contributed by atoms with Gasteiger partial charge in [-0.15, -0.1) is 0 Å². The minimum atomic E-state index is -0.662. The number of pyridine rings is 1. The van der Waals surface area contributed by atoms with Crippen LogP contribution in [0.15, 0.2) is 47.8 Å². The van der Waals surface area contributed by atoms with Gasteiger partial charge >= 0.3 is 0 Å². The van der Waals surface area contributed by atoms with Gasteiger partial charge in [0.25, 0.3) is 0 Å². The Hall–Kier alpha value is -2.50. The van der Waals surface area contributed by atoms with Crippen LogP contribution < -0.4 is 5.73 Å². The lowest BCUT2D eigenvalue weighted by Gasteiger charge is -2.01. The Morgan fingerprint density at radius 2 is 2.26 bits per heavy atom. The van der Waals surface area contributed by atoms with Crippen LogP contribution in [0.2, 0.25) is 0 Å². The first-order valence-corrected chi connectivity index (χ1v) is 5.64. The number of aliphatic imine (C=N–C) groups is 1. The zero-order chi connectivity index (χ0) is 14.0. The SMILES string of the molecule is C=C(N)/C(F)=C\N=C(/C)n1ncc2ncc(C)cc21. The number of hydrogen-bond acceptors (Lipinski definition) is 4. The molecule has 0 unspecified atom stereocenters. The molecule has 0 amide bonds. The van der Waals surface area contributed by atoms with Gasteiger partial charge in [-0.25, -0.2) is 14.1 Å². The molecule has 2 heterocycles. The van der Waals surface area contributed by atoms with Gasteiger partial charge in [0, 0.05) is 6.20 Å². The van der Waals surface area contributed by atoms with Crippen molar-refractivity contribution in [3.63, 3.8) is 0 Å². The number of fused-ring (bicyclic) bond motifs is 1. The highest BCUT2D eigenvalue weighted by atomic mass is 19.1. The highest BCUT2D eigenvalue weighted by molar-refractivity contribution is 5.91. The molecule has 2 rings (SSSR count). The van der Waals surface area contributed by atoms with Crippen LogP contribution in [-0.2, 0) is 0 Å². The Bertz CT molecular complexity index is 696. The van der Waals surface area contributed by atoms with E-state index in [2.05, 4.69) is 21.7 Å². The van der Waals surface area contributed by atoms with Crippen LogP contribution in [0.4, 0.5) is 4.39 Å². The van der Waals surface area contributed by atoms with E-state index in [0.717, 1.165) is 22.8 Å². The average molecular weight is 259 g/mol. The van der Waals surface area contributed by atoms with Crippen molar-refractivity contribution in [3.8, 4) is 0 Å². The lowest BCUT2D eigenvalue weighted by molar-refractivity contribution is 0.646. The van der Waals surface area contributed by atoms with Crippen LogP contribution in [0.3, 0.4) is 0 Å². The molecular weight excluding hydrogens is 245 g/mol. The number of nitrogens with two attached hydrogens (primary N) is 1. The molecule has 0 bridgehead atoms. The Labute approximate surface area is 110 Å². The van der Waals surface area contributed by atoms with Gasteiger partial charge in [-0.1, -0.05) is 6.58 Å². The molecule has 6 heteroatoms. The summed E-state index contributed by atoms with van der Waals surface area (Å²) in [4.78, 5) is 8.22. The zero-order valence-electron chi connectivity index (χ0n) is 10.8. The molecule has 5 nitrogen and oxygen atoms in total. The molecule has 0 fully saturated rings. The van der Waals surface area contributed by atoms with E-state index in [9.17, 15) is 4.39 Å². The summed E-state index contributed by atoms with van der Waals surface area (Å²) in [5.74, 6) is -0.149. The molecule has 0 aromatic carbocycles. The number of halogens is 1. The molecule has 2 aromatic rings. The van der Waals surface area contributed by atoms with E-state index in [-0.39, 0.29) is 5.70 Å². The summed E-state index contributed by atoms with van der Waals surface area (Å²) in [5.41, 5.74) is 7.65. The molecule has 0 atom stereocenters. The Balaban J connectivity index is 2.44. The van der Waals surface area contributed by atoms with E-state index < -0.39 is 5.83 Å². The van der Waals surface area contributed by atoms with E-state index in [4.69, 9.17) is 5.73 Å². The summed E-state index contributed by atoms with van der Waals surface area (Å²) < 4.78 is 14.8. The normalized spacial score (nSPS) is 13.0. The van der Waals surface area contributed by atoms with Crippen molar-refractivity contribution in [3.05, 3.63) is 48.3 Å². The molecule has 0 aliphatic heterocycles. The van der Waals surface area contributed by atoms with Gasteiger partial charge < -0.3 is 5.73 Å². The van der Waals surface area contributed by atoms with Crippen molar-refractivity contribution < 1.29 is 4.39 Å². The minimum Gasteiger partial charge on any atom is -0.397 e. The van der Waals surface area contributed by atoms with Crippen LogP contribution in [-0.4, -0.2) is 20.6 Å². The third kappa shape index (κ3) is 2.67. The molecule has 2 N–H and O–H groups in total. The van der Waals surface area contributed by atoms with Gasteiger partial charge in [-0.05, 0) is 25.5 Å². The van der Waals surface area contributed by atoms with Crippen LogP contribution in [0, 0.1) is 6.92 Å². The number of nitrogens with zero attached hydrogens (tertiary/aromatic N) is 4. The molecule has 0 aliphatic carbocycles. The highest BCUT2D eigenvalue weighted by Gasteiger charge is 2.06. The van der Waals surface area contributed by atoms with Crippen molar-refractivity contribution in [1.82, 2.24) is 14.8 Å². The van der Waals surface area contributed by atoms with Gasteiger partial charge in [0.2, 0.25) is 0 Å². The van der Waals surface area contributed by atoms with Gasteiger partial charge in [0.1, 0.15) is 11.4 Å². The molecule has 2 aromatic heterocycles. The first-order valence-electron chi connectivity index (χ1n) is 5.64. The second kappa shape index (κ2) is 5.01. The molecule has 19 heavy (non-hydrogen) atoms. The van der Waals surface area contributed by atoms with Crippen molar-refractivity contribution in [2.45, 2.75) is 13.8 Å². The first kappa shape index (κ1) is 12.9. The van der Waals surface area contributed by atoms with Crippen LogP contribution >= 0.6 is 0 Å². The zero-order valence-corrected chi connectivity index (χ0v) is 10.8. The summed E-state index contributed by atoms with van der Waals surface area (Å²) in [6.45, 7) is 6.95. The largest absolute Gasteiger partial charge is 0.397 e. The third-order valence-electron chi connectivity index (χ3n) is 2.54. The lowest BCUT2D eigenvalue weighted by atomic mass is 10.3. The fourth-order valence-electron chi connectivity index (χ4n) is 1.55. The van der Waals surface area contributed by atoms with Gasteiger partial charge in [-0.2, -0.15) is 5.10 Å². The Kier molecular flexibility index (Phi) is 3.41. The fraction of sp³-hybridized carbons (Fsp3) is 0.154. The topological polar surface area (TPSA) is 69.1 Å². The van der Waals surface area contributed by atoms with Crippen molar-refractivity contribution in [2.24, 2.45) is 10.7 Å². The van der Waals surface area contributed by atoms with E-state index in [1.165, 1.54) is 0 Å². The maximum absolute atomic E-state index is 13.2. The van der Waals surface area contributed by atoms with Crippen molar-refractivity contribution >= 4 is 16.9 Å². The van der Waals surface area contributed by atoms with E-state index in [1.807, 2.05) is 13.0 Å². The predicted octanol–water partition coefficient (Wildman–Crippen LogP) is 2.29. The summed E-state index contributed by atoms with van der Waals surface area (Å²) >= 11 is 0.